The van der Waals surface area contributed by atoms with E-state index in [2.05, 4.69) is 0 Å². The molecule has 0 aromatic rings. The summed E-state index contributed by atoms with van der Waals surface area (Å²) in [5, 5.41) is 16.2. The summed E-state index contributed by atoms with van der Waals surface area (Å²) in [6.45, 7) is 1.12. The van der Waals surface area contributed by atoms with Crippen LogP contribution in [0.15, 0.2) is 0 Å². The third-order valence-electron chi connectivity index (χ3n) is 0.626. The molecule has 5 heteroatoms. The van der Waals surface area contributed by atoms with Gasteiger partial charge in [-0.05, 0) is 6.92 Å². The van der Waals surface area contributed by atoms with Gasteiger partial charge in [0, 0.05) is 0 Å². The first-order valence-corrected chi connectivity index (χ1v) is 2.92. The van der Waals surface area contributed by atoms with Crippen molar-refractivity contribution in [2.24, 2.45) is 0 Å². The molecular formula is C3H6O4S. The van der Waals surface area contributed by atoms with Crippen molar-refractivity contribution in [3.05, 3.63) is 0 Å². The average molecular weight is 138 g/mol. The fraction of sp³-hybridized carbons (Fsp3) is 0.667. The first-order valence-electron chi connectivity index (χ1n) is 1.84. The summed E-state index contributed by atoms with van der Waals surface area (Å²) in [5.74, 6) is 0. The lowest BCUT2D eigenvalue weighted by Crippen LogP contribution is -2.16. The summed E-state index contributed by atoms with van der Waals surface area (Å²) >= 11 is 0. The number of aliphatic hydroxyl groups excluding tert-OH is 1. The summed E-state index contributed by atoms with van der Waals surface area (Å²) in [6, 6.07) is 0. The molecule has 0 aliphatic carbocycles. The Morgan fingerprint density at radius 2 is 1.88 bits per heavy atom. The Bertz CT molecular complexity index is 179. The maximum absolute atomic E-state index is 9.78. The Morgan fingerprint density at radius 3 is 1.88 bits per heavy atom. The maximum Gasteiger partial charge on any atom is 0.218 e. The topological polar surface area (TPSA) is 74.6 Å². The second-order valence-electron chi connectivity index (χ2n) is 1.22. The van der Waals surface area contributed by atoms with Gasteiger partial charge in [-0.25, -0.2) is 0 Å². The van der Waals surface area contributed by atoms with Gasteiger partial charge in [0.1, 0.15) is 4.86 Å². The van der Waals surface area contributed by atoms with Gasteiger partial charge in [0.2, 0.25) is 10.3 Å². The van der Waals surface area contributed by atoms with E-state index in [1.165, 1.54) is 0 Å². The Kier molecular flexibility index (Phi) is 2.67. The minimum Gasteiger partial charge on any atom is -0.364 e. The van der Waals surface area contributed by atoms with Gasteiger partial charge in [0.05, 0.1) is 0 Å². The lowest BCUT2D eigenvalue weighted by atomic mass is 10.5. The van der Waals surface area contributed by atoms with Crippen LogP contribution in [-0.4, -0.2) is 29.8 Å². The lowest BCUT2D eigenvalue weighted by molar-refractivity contribution is 0.0211. The van der Waals surface area contributed by atoms with Gasteiger partial charge < -0.3 is 10.2 Å². The smallest absolute Gasteiger partial charge is 0.218 e. The molecule has 0 saturated heterocycles. The standard InChI is InChI=1S/C3H6O4S/c1-2(3(4)5)8(6)7/h3-5H,1H3. The Hall–Kier alpha value is -0.390. The molecule has 0 radical (unpaired) electrons. The molecule has 48 valence electrons. The molecule has 0 bridgehead atoms. The van der Waals surface area contributed by atoms with Crippen molar-refractivity contribution in [2.45, 2.75) is 13.2 Å². The van der Waals surface area contributed by atoms with E-state index in [-0.39, 0.29) is 4.86 Å². The molecule has 0 heterocycles. The van der Waals surface area contributed by atoms with Crippen molar-refractivity contribution in [3.8, 4) is 0 Å². The number of rotatable bonds is 1. The molecule has 0 aromatic heterocycles. The quantitative estimate of drug-likeness (QED) is 0.337. The molecule has 0 unspecified atom stereocenters. The summed E-state index contributed by atoms with van der Waals surface area (Å²) in [7, 11) is -2.47. The summed E-state index contributed by atoms with van der Waals surface area (Å²) in [5.41, 5.74) is 0. The number of hydrogen-bond acceptors (Lipinski definition) is 4. The van der Waals surface area contributed by atoms with Crippen molar-refractivity contribution < 1.29 is 18.6 Å². The Labute approximate surface area is 47.9 Å². The predicted molar refractivity (Wildman–Crippen MR) is 27.8 cm³/mol. The second kappa shape index (κ2) is 2.81. The van der Waals surface area contributed by atoms with Gasteiger partial charge in [0.15, 0.2) is 6.29 Å². The van der Waals surface area contributed by atoms with Crippen LogP contribution in [0.3, 0.4) is 0 Å². The third-order valence-corrected chi connectivity index (χ3v) is 1.36. The van der Waals surface area contributed by atoms with E-state index < -0.39 is 16.6 Å². The van der Waals surface area contributed by atoms with Crippen molar-refractivity contribution in [1.82, 2.24) is 0 Å². The molecule has 0 fully saturated rings. The number of hydrogen-bond donors (Lipinski definition) is 2. The summed E-state index contributed by atoms with van der Waals surface area (Å²) < 4.78 is 19.6. The Balaban J connectivity index is 4.50. The van der Waals surface area contributed by atoms with Crippen molar-refractivity contribution in [1.29, 1.82) is 0 Å². The predicted octanol–water partition coefficient (Wildman–Crippen LogP) is -1.63. The van der Waals surface area contributed by atoms with E-state index in [0.29, 0.717) is 0 Å². The molecular weight excluding hydrogens is 132 g/mol. The highest BCUT2D eigenvalue weighted by Crippen LogP contribution is 1.76. The zero-order chi connectivity index (χ0) is 6.73. The van der Waals surface area contributed by atoms with E-state index in [9.17, 15) is 8.42 Å². The van der Waals surface area contributed by atoms with Gasteiger partial charge in [-0.15, -0.1) is 0 Å². The molecule has 0 amide bonds. The van der Waals surface area contributed by atoms with Crippen LogP contribution in [0, 0.1) is 0 Å². The lowest BCUT2D eigenvalue weighted by Gasteiger charge is -1.93. The summed E-state index contributed by atoms with van der Waals surface area (Å²) in [6.07, 6.45) is -1.85. The largest absolute Gasteiger partial charge is 0.364 e. The zero-order valence-electron chi connectivity index (χ0n) is 4.20. The van der Waals surface area contributed by atoms with E-state index in [4.69, 9.17) is 10.2 Å². The molecule has 0 atom stereocenters. The highest BCUT2D eigenvalue weighted by Gasteiger charge is 2.01. The highest BCUT2D eigenvalue weighted by atomic mass is 32.2. The second-order valence-corrected chi connectivity index (χ2v) is 2.33. The molecule has 8 heavy (non-hydrogen) atoms. The van der Waals surface area contributed by atoms with Crippen LogP contribution in [0.5, 0.6) is 0 Å². The fourth-order valence-corrected chi connectivity index (χ4v) is 0.258. The fourth-order valence-electron chi connectivity index (χ4n) is 0.0861. The molecule has 4 nitrogen and oxygen atoms in total. The minimum absolute atomic E-state index is 0.370. The SMILES string of the molecule is CC(C(O)O)=S(=O)=O. The highest BCUT2D eigenvalue weighted by molar-refractivity contribution is 7.73. The first-order chi connectivity index (χ1) is 3.55. The van der Waals surface area contributed by atoms with Crippen LogP contribution >= 0.6 is 0 Å². The zero-order valence-corrected chi connectivity index (χ0v) is 5.01. The van der Waals surface area contributed by atoms with Crippen molar-refractivity contribution >= 4 is 15.2 Å². The molecule has 0 saturated carbocycles. The monoisotopic (exact) mass is 138 g/mol. The van der Waals surface area contributed by atoms with Crippen molar-refractivity contribution in [3.63, 3.8) is 0 Å². The van der Waals surface area contributed by atoms with E-state index >= 15 is 0 Å². The Morgan fingerprint density at radius 1 is 1.50 bits per heavy atom. The molecule has 2 N–H and O–H groups in total. The van der Waals surface area contributed by atoms with Crippen LogP contribution in [-0.2, 0) is 10.3 Å². The van der Waals surface area contributed by atoms with E-state index in [0.717, 1.165) is 6.92 Å². The van der Waals surface area contributed by atoms with E-state index in [1.807, 2.05) is 0 Å². The average Bonchev–Trinajstić information content (AvgIpc) is 1.64. The molecule has 0 rings (SSSR count). The molecule has 0 aliphatic heterocycles. The van der Waals surface area contributed by atoms with Gasteiger partial charge in [0.25, 0.3) is 0 Å². The van der Waals surface area contributed by atoms with Gasteiger partial charge in [-0.1, -0.05) is 0 Å². The first kappa shape index (κ1) is 7.61. The number of aliphatic hydroxyl groups is 2. The third kappa shape index (κ3) is 2.06. The van der Waals surface area contributed by atoms with Gasteiger partial charge in [-0.3, -0.25) is 0 Å². The van der Waals surface area contributed by atoms with Crippen LogP contribution in [0.2, 0.25) is 0 Å². The van der Waals surface area contributed by atoms with Crippen LogP contribution in [0.4, 0.5) is 0 Å². The van der Waals surface area contributed by atoms with E-state index in [1.54, 1.807) is 0 Å². The normalized spacial score (nSPS) is 9.50. The summed E-state index contributed by atoms with van der Waals surface area (Å²) in [4.78, 5) is -0.370. The minimum atomic E-state index is -2.47. The molecule has 0 spiro atoms. The van der Waals surface area contributed by atoms with Crippen LogP contribution in [0.25, 0.3) is 0 Å². The van der Waals surface area contributed by atoms with Crippen LogP contribution < -0.4 is 0 Å². The maximum atomic E-state index is 9.78. The van der Waals surface area contributed by atoms with Gasteiger partial charge in [-0.2, -0.15) is 8.42 Å². The van der Waals surface area contributed by atoms with Gasteiger partial charge >= 0.3 is 0 Å². The van der Waals surface area contributed by atoms with Crippen molar-refractivity contribution in [2.75, 3.05) is 0 Å². The molecule has 0 aromatic carbocycles. The molecule has 0 aliphatic rings. The van der Waals surface area contributed by atoms with Crippen LogP contribution in [0.1, 0.15) is 6.92 Å².